The minimum Gasteiger partial charge on any atom is -0.462 e. The highest BCUT2D eigenvalue weighted by molar-refractivity contribution is 7.15. The molecule has 1 aromatic rings. The van der Waals surface area contributed by atoms with Gasteiger partial charge in [-0.05, 0) is 24.5 Å². The Kier molecular flexibility index (Phi) is 4.46. The van der Waals surface area contributed by atoms with Crippen LogP contribution in [0.5, 0.6) is 0 Å². The molecule has 0 aliphatic carbocycles. The zero-order valence-electron chi connectivity index (χ0n) is 10.7. The second-order valence-corrected chi connectivity index (χ2v) is 6.13. The molecule has 3 nitrogen and oxygen atoms in total. The summed E-state index contributed by atoms with van der Waals surface area (Å²) in [5.41, 5.74) is -0.0365. The number of Topliss-reactive ketones (excluding diaryl/α,β-unsaturated/α-hetero) is 1. The molecule has 0 unspecified atom stereocenters. The van der Waals surface area contributed by atoms with E-state index in [4.69, 9.17) is 4.74 Å². The van der Waals surface area contributed by atoms with E-state index in [0.717, 1.165) is 0 Å². The van der Waals surface area contributed by atoms with Crippen molar-refractivity contribution >= 4 is 23.1 Å². The molecule has 0 bridgehead atoms. The average molecular weight is 254 g/mol. The lowest BCUT2D eigenvalue weighted by atomic mass is 9.90. The highest BCUT2D eigenvalue weighted by atomic mass is 32.1. The predicted octanol–water partition coefficient (Wildman–Crippen LogP) is 3.54. The first-order valence-corrected chi connectivity index (χ1v) is 6.45. The first kappa shape index (κ1) is 13.9. The molecule has 0 saturated heterocycles. The van der Waals surface area contributed by atoms with E-state index in [1.807, 2.05) is 20.8 Å². The quantitative estimate of drug-likeness (QED) is 0.609. The molecule has 1 heterocycles. The number of hydrogen-bond donors (Lipinski definition) is 0. The number of ketones is 1. The van der Waals surface area contributed by atoms with Crippen LogP contribution < -0.4 is 0 Å². The van der Waals surface area contributed by atoms with Gasteiger partial charge >= 0.3 is 5.97 Å². The van der Waals surface area contributed by atoms with Crippen LogP contribution in [0.4, 0.5) is 0 Å². The molecule has 0 N–H and O–H groups in total. The van der Waals surface area contributed by atoms with Crippen molar-refractivity contribution in [3.05, 3.63) is 21.9 Å². The minimum atomic E-state index is -0.354. The fourth-order valence-electron chi connectivity index (χ4n) is 1.37. The standard InChI is InChI=1S/C13H18O3S/c1-5-16-12(15)11-7-6-10(17-11)9(14)8-13(2,3)4/h6-7H,5,8H2,1-4H3. The SMILES string of the molecule is CCOC(=O)c1ccc(C(=O)CC(C)(C)C)s1. The Labute approximate surface area is 106 Å². The number of ether oxygens (including phenoxy) is 1. The van der Waals surface area contributed by atoms with E-state index in [1.165, 1.54) is 11.3 Å². The Morgan fingerprint density at radius 3 is 2.35 bits per heavy atom. The molecular weight excluding hydrogens is 236 g/mol. The van der Waals surface area contributed by atoms with E-state index in [2.05, 4.69) is 0 Å². The molecule has 0 saturated carbocycles. The second-order valence-electron chi connectivity index (χ2n) is 5.04. The largest absolute Gasteiger partial charge is 0.462 e. The van der Waals surface area contributed by atoms with Crippen molar-refractivity contribution < 1.29 is 14.3 Å². The molecule has 94 valence electrons. The topological polar surface area (TPSA) is 43.4 Å². The van der Waals surface area contributed by atoms with E-state index in [1.54, 1.807) is 19.1 Å². The van der Waals surface area contributed by atoms with E-state index >= 15 is 0 Å². The zero-order valence-corrected chi connectivity index (χ0v) is 11.5. The molecule has 1 rings (SSSR count). The van der Waals surface area contributed by atoms with Crippen molar-refractivity contribution in [3.8, 4) is 0 Å². The molecule has 0 amide bonds. The van der Waals surface area contributed by atoms with Crippen LogP contribution >= 0.6 is 11.3 Å². The van der Waals surface area contributed by atoms with Crippen molar-refractivity contribution in [2.75, 3.05) is 6.61 Å². The Morgan fingerprint density at radius 1 is 1.24 bits per heavy atom. The molecule has 4 heteroatoms. The summed E-state index contributed by atoms with van der Waals surface area (Å²) in [6.07, 6.45) is 0.482. The molecule has 0 radical (unpaired) electrons. The fourth-order valence-corrected chi connectivity index (χ4v) is 2.21. The molecule has 0 aromatic carbocycles. The lowest BCUT2D eigenvalue weighted by molar-refractivity contribution is 0.0532. The first-order chi connectivity index (χ1) is 7.83. The van der Waals surface area contributed by atoms with E-state index in [0.29, 0.717) is 22.8 Å². The fraction of sp³-hybridized carbons (Fsp3) is 0.538. The van der Waals surface area contributed by atoms with Gasteiger partial charge in [0.15, 0.2) is 5.78 Å². The minimum absolute atomic E-state index is 0.0365. The Hall–Kier alpha value is -1.16. The predicted molar refractivity (Wildman–Crippen MR) is 68.7 cm³/mol. The number of thiophene rings is 1. The van der Waals surface area contributed by atoms with Gasteiger partial charge in [-0.25, -0.2) is 4.79 Å². The average Bonchev–Trinajstić information content (AvgIpc) is 2.63. The maximum absolute atomic E-state index is 11.9. The van der Waals surface area contributed by atoms with Gasteiger partial charge in [0.1, 0.15) is 4.88 Å². The zero-order chi connectivity index (χ0) is 13.1. The molecular formula is C13H18O3S. The molecule has 0 aliphatic heterocycles. The van der Waals surface area contributed by atoms with Gasteiger partial charge in [-0.1, -0.05) is 20.8 Å². The maximum Gasteiger partial charge on any atom is 0.348 e. The maximum atomic E-state index is 11.9. The third-order valence-electron chi connectivity index (χ3n) is 2.05. The Bertz CT molecular complexity index is 413. The summed E-state index contributed by atoms with van der Waals surface area (Å²) in [5, 5.41) is 0. The number of carbonyl (C=O) groups excluding carboxylic acids is 2. The molecule has 0 atom stereocenters. The molecule has 0 spiro atoms. The van der Waals surface area contributed by atoms with E-state index < -0.39 is 0 Å². The van der Waals surface area contributed by atoms with Crippen molar-refractivity contribution in [3.63, 3.8) is 0 Å². The van der Waals surface area contributed by atoms with Crippen LogP contribution in [0.15, 0.2) is 12.1 Å². The van der Waals surface area contributed by atoms with Crippen molar-refractivity contribution in [2.24, 2.45) is 5.41 Å². The van der Waals surface area contributed by atoms with Gasteiger partial charge in [0.05, 0.1) is 11.5 Å². The van der Waals surface area contributed by atoms with Crippen LogP contribution in [0.25, 0.3) is 0 Å². The van der Waals surface area contributed by atoms with E-state index in [-0.39, 0.29) is 17.2 Å². The monoisotopic (exact) mass is 254 g/mol. The summed E-state index contributed by atoms with van der Waals surface area (Å²) in [4.78, 5) is 24.5. The van der Waals surface area contributed by atoms with Gasteiger partial charge in [-0.2, -0.15) is 0 Å². The van der Waals surface area contributed by atoms with Crippen LogP contribution in [0.1, 0.15) is 53.5 Å². The third kappa shape index (κ3) is 4.30. The van der Waals surface area contributed by atoms with Crippen molar-refractivity contribution in [1.29, 1.82) is 0 Å². The summed E-state index contributed by atoms with van der Waals surface area (Å²) in [5.74, 6) is -0.273. The van der Waals surface area contributed by atoms with Gasteiger partial charge in [-0.15, -0.1) is 11.3 Å². The first-order valence-electron chi connectivity index (χ1n) is 5.63. The number of esters is 1. The van der Waals surface area contributed by atoms with Gasteiger partial charge in [-0.3, -0.25) is 4.79 Å². The summed E-state index contributed by atoms with van der Waals surface area (Å²) < 4.78 is 4.88. The Balaban J connectivity index is 2.74. The lowest BCUT2D eigenvalue weighted by Gasteiger charge is -2.15. The highest BCUT2D eigenvalue weighted by Crippen LogP contribution is 2.25. The van der Waals surface area contributed by atoms with Crippen LogP contribution in [-0.4, -0.2) is 18.4 Å². The van der Waals surface area contributed by atoms with Gasteiger partial charge in [0, 0.05) is 6.42 Å². The smallest absolute Gasteiger partial charge is 0.348 e. The van der Waals surface area contributed by atoms with Gasteiger partial charge in [0.2, 0.25) is 0 Å². The van der Waals surface area contributed by atoms with Crippen molar-refractivity contribution in [2.45, 2.75) is 34.1 Å². The number of carbonyl (C=O) groups is 2. The normalized spacial score (nSPS) is 11.3. The molecule has 1 aromatic heterocycles. The third-order valence-corrected chi connectivity index (χ3v) is 3.15. The summed E-state index contributed by atoms with van der Waals surface area (Å²) in [6, 6.07) is 3.35. The summed E-state index contributed by atoms with van der Waals surface area (Å²) in [6.45, 7) is 8.17. The van der Waals surface area contributed by atoms with Crippen molar-refractivity contribution in [1.82, 2.24) is 0 Å². The number of rotatable bonds is 4. The van der Waals surface area contributed by atoms with Gasteiger partial charge in [0.25, 0.3) is 0 Å². The van der Waals surface area contributed by atoms with Gasteiger partial charge < -0.3 is 4.74 Å². The molecule has 17 heavy (non-hydrogen) atoms. The van der Waals surface area contributed by atoms with E-state index in [9.17, 15) is 9.59 Å². The molecule has 0 aliphatic rings. The van der Waals surface area contributed by atoms with Crippen LogP contribution in [0.2, 0.25) is 0 Å². The Morgan fingerprint density at radius 2 is 1.82 bits per heavy atom. The second kappa shape index (κ2) is 5.45. The summed E-state index contributed by atoms with van der Waals surface area (Å²) >= 11 is 1.21. The van der Waals surface area contributed by atoms with Crippen LogP contribution in [0, 0.1) is 5.41 Å². The number of hydrogen-bond acceptors (Lipinski definition) is 4. The highest BCUT2D eigenvalue weighted by Gasteiger charge is 2.20. The van der Waals surface area contributed by atoms with Crippen LogP contribution in [-0.2, 0) is 4.74 Å². The molecule has 0 fully saturated rings. The lowest BCUT2D eigenvalue weighted by Crippen LogP contribution is -2.12. The summed E-state index contributed by atoms with van der Waals surface area (Å²) in [7, 11) is 0. The van der Waals surface area contributed by atoms with Crippen LogP contribution in [0.3, 0.4) is 0 Å².